The third-order valence-corrected chi connectivity index (χ3v) is 3.65. The van der Waals surface area contributed by atoms with E-state index < -0.39 is 0 Å². The molecule has 4 heteroatoms. The van der Waals surface area contributed by atoms with Crippen LogP contribution in [0.25, 0.3) is 5.69 Å². The van der Waals surface area contributed by atoms with Gasteiger partial charge in [0.2, 0.25) is 0 Å². The molecule has 0 saturated carbocycles. The average Bonchev–Trinajstić information content (AvgIpc) is 2.65. The molecule has 1 heterocycles. The van der Waals surface area contributed by atoms with Crippen molar-refractivity contribution in [3.05, 3.63) is 46.2 Å². The Balaban J connectivity index is 2.20. The van der Waals surface area contributed by atoms with E-state index in [4.69, 9.17) is 11.6 Å². The molecule has 0 fully saturated rings. The lowest BCUT2D eigenvalue weighted by atomic mass is 10.2. The zero-order valence-electron chi connectivity index (χ0n) is 11.9. The zero-order chi connectivity index (χ0) is 14.0. The predicted octanol–water partition coefficient (Wildman–Crippen LogP) is 3.64. The maximum atomic E-state index is 6.17. The number of benzene rings is 1. The van der Waals surface area contributed by atoms with E-state index in [0.717, 1.165) is 28.6 Å². The summed E-state index contributed by atoms with van der Waals surface area (Å²) in [6, 6.07) is 8.89. The van der Waals surface area contributed by atoms with Gasteiger partial charge in [0.05, 0.1) is 22.1 Å². The topological polar surface area (TPSA) is 29.9 Å². The monoisotopic (exact) mass is 277 g/mol. The predicted molar refractivity (Wildman–Crippen MR) is 80.0 cm³/mol. The Morgan fingerprint density at radius 1 is 1.21 bits per heavy atom. The van der Waals surface area contributed by atoms with Crippen LogP contribution in [-0.2, 0) is 6.54 Å². The fourth-order valence-corrected chi connectivity index (χ4v) is 2.07. The van der Waals surface area contributed by atoms with Crippen LogP contribution in [0.5, 0.6) is 0 Å². The first-order valence-corrected chi connectivity index (χ1v) is 6.91. The summed E-state index contributed by atoms with van der Waals surface area (Å²) in [6.45, 7) is 9.08. The first-order chi connectivity index (χ1) is 8.99. The summed E-state index contributed by atoms with van der Waals surface area (Å²) in [6.07, 6.45) is 0. The van der Waals surface area contributed by atoms with E-state index in [-0.39, 0.29) is 0 Å². The molecule has 0 saturated heterocycles. The van der Waals surface area contributed by atoms with Crippen LogP contribution in [0.2, 0.25) is 5.02 Å². The van der Waals surface area contributed by atoms with Crippen LogP contribution < -0.4 is 5.32 Å². The molecule has 102 valence electrons. The van der Waals surface area contributed by atoms with Crippen LogP contribution in [0.15, 0.2) is 24.3 Å². The molecule has 0 bridgehead atoms. The van der Waals surface area contributed by atoms with Gasteiger partial charge in [-0.2, -0.15) is 5.10 Å². The number of nitrogens with zero attached hydrogens (tertiary/aromatic N) is 2. The van der Waals surface area contributed by atoms with Gasteiger partial charge in [-0.15, -0.1) is 0 Å². The lowest BCUT2D eigenvalue weighted by Gasteiger charge is -2.09. The van der Waals surface area contributed by atoms with Crippen molar-refractivity contribution >= 4 is 11.6 Å². The number of rotatable bonds is 4. The molecular weight excluding hydrogens is 258 g/mol. The molecule has 0 aliphatic heterocycles. The molecular formula is C15H20ClN3. The summed E-state index contributed by atoms with van der Waals surface area (Å²) in [4.78, 5) is 0. The summed E-state index contributed by atoms with van der Waals surface area (Å²) in [5, 5.41) is 8.60. The van der Waals surface area contributed by atoms with Crippen LogP contribution >= 0.6 is 11.6 Å². The molecule has 0 aliphatic rings. The number of aryl methyl sites for hydroxylation is 1. The standard InChI is InChI=1S/C15H20ClN3/c1-10(2)17-9-13-5-7-14(8-6-13)19-12(4)15(16)11(3)18-19/h5-8,10,17H,9H2,1-4H3. The highest BCUT2D eigenvalue weighted by atomic mass is 35.5. The van der Waals surface area contributed by atoms with Gasteiger partial charge in [-0.05, 0) is 31.5 Å². The van der Waals surface area contributed by atoms with Gasteiger partial charge in [0, 0.05) is 12.6 Å². The maximum absolute atomic E-state index is 6.17. The van der Waals surface area contributed by atoms with Gasteiger partial charge < -0.3 is 5.32 Å². The van der Waals surface area contributed by atoms with E-state index in [9.17, 15) is 0 Å². The second-order valence-electron chi connectivity index (χ2n) is 5.10. The molecule has 0 spiro atoms. The Bertz CT molecular complexity index is 556. The van der Waals surface area contributed by atoms with Crippen molar-refractivity contribution < 1.29 is 0 Å². The third-order valence-electron chi connectivity index (χ3n) is 3.10. The Hall–Kier alpha value is -1.32. The minimum absolute atomic E-state index is 0.495. The molecule has 0 aliphatic carbocycles. The zero-order valence-corrected chi connectivity index (χ0v) is 12.6. The van der Waals surface area contributed by atoms with Crippen molar-refractivity contribution in [1.29, 1.82) is 0 Å². The normalized spacial score (nSPS) is 11.3. The molecule has 1 N–H and O–H groups in total. The molecule has 0 amide bonds. The van der Waals surface area contributed by atoms with Gasteiger partial charge in [0.25, 0.3) is 0 Å². The minimum Gasteiger partial charge on any atom is -0.310 e. The van der Waals surface area contributed by atoms with Gasteiger partial charge in [-0.25, -0.2) is 4.68 Å². The molecule has 0 atom stereocenters. The molecule has 1 aromatic carbocycles. The van der Waals surface area contributed by atoms with Crippen molar-refractivity contribution in [2.24, 2.45) is 0 Å². The number of halogens is 1. The minimum atomic E-state index is 0.495. The molecule has 19 heavy (non-hydrogen) atoms. The van der Waals surface area contributed by atoms with Crippen molar-refractivity contribution in [3.63, 3.8) is 0 Å². The Labute approximate surface area is 119 Å². The van der Waals surface area contributed by atoms with E-state index >= 15 is 0 Å². The van der Waals surface area contributed by atoms with Crippen molar-refractivity contribution in [2.45, 2.75) is 40.3 Å². The smallest absolute Gasteiger partial charge is 0.0848 e. The van der Waals surface area contributed by atoms with Crippen molar-refractivity contribution in [1.82, 2.24) is 15.1 Å². The van der Waals surface area contributed by atoms with E-state index in [1.165, 1.54) is 5.56 Å². The largest absolute Gasteiger partial charge is 0.310 e. The first kappa shape index (κ1) is 14.1. The fourth-order valence-electron chi connectivity index (χ4n) is 1.95. The highest BCUT2D eigenvalue weighted by Crippen LogP contribution is 2.22. The second kappa shape index (κ2) is 5.76. The van der Waals surface area contributed by atoms with Crippen LogP contribution in [0, 0.1) is 13.8 Å². The Morgan fingerprint density at radius 2 is 1.84 bits per heavy atom. The molecule has 0 radical (unpaired) electrons. The fraction of sp³-hybridized carbons (Fsp3) is 0.400. The van der Waals surface area contributed by atoms with E-state index in [1.54, 1.807) is 0 Å². The van der Waals surface area contributed by atoms with Gasteiger partial charge in [0.1, 0.15) is 0 Å². The number of hydrogen-bond acceptors (Lipinski definition) is 2. The number of hydrogen-bond donors (Lipinski definition) is 1. The van der Waals surface area contributed by atoms with E-state index in [1.807, 2.05) is 18.5 Å². The highest BCUT2D eigenvalue weighted by molar-refractivity contribution is 6.31. The van der Waals surface area contributed by atoms with Crippen LogP contribution in [-0.4, -0.2) is 15.8 Å². The van der Waals surface area contributed by atoms with Crippen LogP contribution in [0.1, 0.15) is 30.8 Å². The summed E-state index contributed by atoms with van der Waals surface area (Å²) in [7, 11) is 0. The van der Waals surface area contributed by atoms with Gasteiger partial charge >= 0.3 is 0 Å². The molecule has 3 nitrogen and oxygen atoms in total. The number of nitrogens with one attached hydrogen (secondary N) is 1. The summed E-state index contributed by atoms with van der Waals surface area (Å²) in [5.74, 6) is 0. The van der Waals surface area contributed by atoms with E-state index in [0.29, 0.717) is 6.04 Å². The quantitative estimate of drug-likeness (QED) is 0.925. The summed E-state index contributed by atoms with van der Waals surface area (Å²) in [5.41, 5.74) is 4.16. The average molecular weight is 278 g/mol. The van der Waals surface area contributed by atoms with Gasteiger partial charge in [-0.1, -0.05) is 37.6 Å². The highest BCUT2D eigenvalue weighted by Gasteiger charge is 2.10. The van der Waals surface area contributed by atoms with Gasteiger partial charge in [0.15, 0.2) is 0 Å². The SMILES string of the molecule is Cc1nn(-c2ccc(CNC(C)C)cc2)c(C)c1Cl. The number of aromatic nitrogens is 2. The van der Waals surface area contributed by atoms with E-state index in [2.05, 4.69) is 48.5 Å². The third kappa shape index (κ3) is 3.17. The summed E-state index contributed by atoms with van der Waals surface area (Å²) < 4.78 is 1.89. The first-order valence-electron chi connectivity index (χ1n) is 6.53. The second-order valence-corrected chi connectivity index (χ2v) is 5.48. The lowest BCUT2D eigenvalue weighted by molar-refractivity contribution is 0.589. The molecule has 0 unspecified atom stereocenters. The van der Waals surface area contributed by atoms with Crippen LogP contribution in [0.4, 0.5) is 0 Å². The molecule has 1 aromatic heterocycles. The Kier molecular flexibility index (Phi) is 4.27. The van der Waals surface area contributed by atoms with Gasteiger partial charge in [-0.3, -0.25) is 0 Å². The van der Waals surface area contributed by atoms with Crippen molar-refractivity contribution in [2.75, 3.05) is 0 Å². The maximum Gasteiger partial charge on any atom is 0.0848 e. The molecule has 2 aromatic rings. The summed E-state index contributed by atoms with van der Waals surface area (Å²) >= 11 is 6.17. The van der Waals surface area contributed by atoms with Crippen molar-refractivity contribution in [3.8, 4) is 5.69 Å². The molecule has 2 rings (SSSR count). The van der Waals surface area contributed by atoms with Crippen LogP contribution in [0.3, 0.4) is 0 Å². The Morgan fingerprint density at radius 3 is 2.32 bits per heavy atom. The lowest BCUT2D eigenvalue weighted by Crippen LogP contribution is -2.21.